The van der Waals surface area contributed by atoms with Crippen molar-refractivity contribution in [3.05, 3.63) is 94.0 Å². The molecule has 3 aromatic carbocycles. The van der Waals surface area contributed by atoms with Crippen molar-refractivity contribution >= 4 is 43.5 Å². The molecule has 0 unspecified atom stereocenters. The molecule has 3 rings (SSSR count). The van der Waals surface area contributed by atoms with Gasteiger partial charge >= 0.3 is 0 Å². The molecule has 0 saturated carbocycles. The number of rotatable bonds is 11. The van der Waals surface area contributed by atoms with Gasteiger partial charge < -0.3 is 10.2 Å². The van der Waals surface area contributed by atoms with E-state index in [0.29, 0.717) is 16.7 Å². The highest BCUT2D eigenvalue weighted by Gasteiger charge is 2.32. The Morgan fingerprint density at radius 1 is 0.897 bits per heavy atom. The van der Waals surface area contributed by atoms with Gasteiger partial charge in [-0.2, -0.15) is 0 Å². The van der Waals surface area contributed by atoms with E-state index in [1.54, 1.807) is 43.3 Å². The summed E-state index contributed by atoms with van der Waals surface area (Å²) in [6.07, 6.45) is 0. The molecule has 0 heterocycles. The van der Waals surface area contributed by atoms with E-state index in [0.717, 1.165) is 21.0 Å². The molecule has 0 aliphatic rings. The Morgan fingerprint density at radius 3 is 2.18 bits per heavy atom. The monoisotopic (exact) mass is 613 g/mol. The zero-order valence-corrected chi connectivity index (χ0v) is 25.4. The number of nitrogens with one attached hydrogen (secondary N) is 1. The minimum absolute atomic E-state index is 0.0776. The quantitative estimate of drug-likeness (QED) is 0.311. The van der Waals surface area contributed by atoms with Gasteiger partial charge in [-0.05, 0) is 62.6 Å². The third-order valence-corrected chi connectivity index (χ3v) is 8.55. The molecule has 0 aromatic heterocycles. The van der Waals surface area contributed by atoms with E-state index in [4.69, 9.17) is 0 Å². The van der Waals surface area contributed by atoms with E-state index in [1.807, 2.05) is 52.0 Å². The molecule has 9 heteroatoms. The first-order valence-electron chi connectivity index (χ1n) is 12.9. The standard InChI is InChI=1S/C30H36BrN3O4S/c1-21(2)18-32-30(36)24(5)33(19-25-9-6-8-23(4)16-25)29(35)20-34(27-11-7-10-26(31)17-27)39(37,38)28-14-12-22(3)13-15-28/h6-17,21,24H,18-20H2,1-5H3,(H,32,36)/t24-/m0/s1. The highest BCUT2D eigenvalue weighted by molar-refractivity contribution is 9.10. The topological polar surface area (TPSA) is 86.8 Å². The maximum atomic E-state index is 13.9. The summed E-state index contributed by atoms with van der Waals surface area (Å²) in [7, 11) is -4.10. The van der Waals surface area contributed by atoms with Crippen LogP contribution >= 0.6 is 15.9 Å². The zero-order chi connectivity index (χ0) is 28.7. The number of sulfonamides is 1. The molecule has 0 spiro atoms. The molecule has 0 radical (unpaired) electrons. The number of hydrogen-bond acceptors (Lipinski definition) is 4. The predicted octanol–water partition coefficient (Wildman–Crippen LogP) is 5.45. The molecule has 0 saturated heterocycles. The van der Waals surface area contributed by atoms with Gasteiger partial charge in [0, 0.05) is 17.6 Å². The van der Waals surface area contributed by atoms with E-state index in [1.165, 1.54) is 17.0 Å². The number of hydrogen-bond donors (Lipinski definition) is 1. The van der Waals surface area contributed by atoms with Gasteiger partial charge in [0.1, 0.15) is 12.6 Å². The highest BCUT2D eigenvalue weighted by Crippen LogP contribution is 2.27. The lowest BCUT2D eigenvalue weighted by Crippen LogP contribution is -2.51. The van der Waals surface area contributed by atoms with Crippen molar-refractivity contribution < 1.29 is 18.0 Å². The number of aryl methyl sites for hydroxylation is 2. The minimum atomic E-state index is -4.10. The lowest BCUT2D eigenvalue weighted by molar-refractivity contribution is -0.139. The van der Waals surface area contributed by atoms with Gasteiger partial charge in [-0.15, -0.1) is 0 Å². The molecule has 0 aliphatic carbocycles. The first-order valence-corrected chi connectivity index (χ1v) is 15.1. The second kappa shape index (κ2) is 13.3. The summed E-state index contributed by atoms with van der Waals surface area (Å²) in [6.45, 7) is 9.65. The van der Waals surface area contributed by atoms with E-state index < -0.39 is 28.5 Å². The van der Waals surface area contributed by atoms with Crippen molar-refractivity contribution in [1.82, 2.24) is 10.2 Å². The first-order chi connectivity index (χ1) is 18.4. The molecular weight excluding hydrogens is 578 g/mol. The van der Waals surface area contributed by atoms with Crippen LogP contribution in [0.3, 0.4) is 0 Å². The summed E-state index contributed by atoms with van der Waals surface area (Å²) in [5, 5.41) is 2.90. The molecule has 0 bridgehead atoms. The van der Waals surface area contributed by atoms with E-state index >= 15 is 0 Å². The van der Waals surface area contributed by atoms with Gasteiger partial charge in [0.25, 0.3) is 10.0 Å². The summed E-state index contributed by atoms with van der Waals surface area (Å²) in [5.74, 6) is -0.534. The Bertz CT molecular complexity index is 1410. The Balaban J connectivity index is 2.01. The number of carbonyl (C=O) groups excluding carboxylic acids is 2. The van der Waals surface area contributed by atoms with Crippen molar-refractivity contribution in [3.63, 3.8) is 0 Å². The molecule has 39 heavy (non-hydrogen) atoms. The van der Waals surface area contributed by atoms with Gasteiger partial charge in [0.2, 0.25) is 11.8 Å². The van der Waals surface area contributed by atoms with Crippen LogP contribution in [-0.4, -0.2) is 44.3 Å². The van der Waals surface area contributed by atoms with Gasteiger partial charge in [-0.1, -0.05) is 83.4 Å². The Morgan fingerprint density at radius 2 is 1.56 bits per heavy atom. The van der Waals surface area contributed by atoms with Crippen molar-refractivity contribution in [2.24, 2.45) is 5.92 Å². The molecule has 208 valence electrons. The fourth-order valence-corrected chi connectivity index (χ4v) is 5.83. The Hall–Kier alpha value is -3.17. The Kier molecular flexibility index (Phi) is 10.3. The first kappa shape index (κ1) is 30.4. The highest BCUT2D eigenvalue weighted by atomic mass is 79.9. The molecule has 7 nitrogen and oxygen atoms in total. The van der Waals surface area contributed by atoms with Gasteiger partial charge in [-0.25, -0.2) is 8.42 Å². The fraction of sp³-hybridized carbons (Fsp3) is 0.333. The lowest BCUT2D eigenvalue weighted by Gasteiger charge is -2.32. The number of halogens is 1. The van der Waals surface area contributed by atoms with Crippen LogP contribution in [0.1, 0.15) is 37.5 Å². The summed E-state index contributed by atoms with van der Waals surface area (Å²) >= 11 is 3.41. The molecule has 1 atom stereocenters. The third-order valence-electron chi connectivity index (χ3n) is 6.27. The van der Waals surface area contributed by atoms with Gasteiger partial charge in [0.15, 0.2) is 0 Å². The number of nitrogens with zero attached hydrogens (tertiary/aromatic N) is 2. The lowest BCUT2D eigenvalue weighted by atomic mass is 10.1. The molecule has 3 aromatic rings. The second-order valence-electron chi connectivity index (χ2n) is 10.1. The van der Waals surface area contributed by atoms with Crippen LogP contribution in [0.15, 0.2) is 82.2 Å². The summed E-state index contributed by atoms with van der Waals surface area (Å²) in [4.78, 5) is 28.5. The van der Waals surface area contributed by atoms with Crippen molar-refractivity contribution in [3.8, 4) is 0 Å². The number of anilines is 1. The largest absolute Gasteiger partial charge is 0.354 e. The van der Waals surface area contributed by atoms with Crippen LogP contribution in [0, 0.1) is 19.8 Å². The minimum Gasteiger partial charge on any atom is -0.354 e. The van der Waals surface area contributed by atoms with Crippen molar-refractivity contribution in [2.45, 2.75) is 52.1 Å². The van der Waals surface area contributed by atoms with Crippen LogP contribution < -0.4 is 9.62 Å². The maximum absolute atomic E-state index is 13.9. The number of carbonyl (C=O) groups is 2. The van der Waals surface area contributed by atoms with E-state index in [-0.39, 0.29) is 23.3 Å². The molecular formula is C30H36BrN3O4S. The molecule has 2 amide bonds. The fourth-order valence-electron chi connectivity index (χ4n) is 4.04. The van der Waals surface area contributed by atoms with Crippen LogP contribution in [0.2, 0.25) is 0 Å². The van der Waals surface area contributed by atoms with Gasteiger partial charge in [0.05, 0.1) is 10.6 Å². The summed E-state index contributed by atoms with van der Waals surface area (Å²) in [5.41, 5.74) is 3.13. The van der Waals surface area contributed by atoms with Crippen LogP contribution in [0.25, 0.3) is 0 Å². The molecule has 1 N–H and O–H groups in total. The predicted molar refractivity (Wildman–Crippen MR) is 159 cm³/mol. The Labute approximate surface area is 240 Å². The van der Waals surface area contributed by atoms with Crippen molar-refractivity contribution in [1.29, 1.82) is 0 Å². The van der Waals surface area contributed by atoms with Crippen LogP contribution in [-0.2, 0) is 26.2 Å². The van der Waals surface area contributed by atoms with E-state index in [2.05, 4.69) is 21.2 Å². The second-order valence-corrected chi connectivity index (χ2v) is 12.9. The molecule has 0 fully saturated rings. The number of benzene rings is 3. The average molecular weight is 615 g/mol. The third kappa shape index (κ3) is 8.16. The summed E-state index contributed by atoms with van der Waals surface area (Å²) in [6, 6.07) is 20.2. The van der Waals surface area contributed by atoms with Crippen LogP contribution in [0.4, 0.5) is 5.69 Å². The SMILES string of the molecule is Cc1ccc(S(=O)(=O)N(CC(=O)N(Cc2cccc(C)c2)[C@@H](C)C(=O)NCC(C)C)c2cccc(Br)c2)cc1. The normalized spacial score (nSPS) is 12.2. The van der Waals surface area contributed by atoms with Crippen molar-refractivity contribution in [2.75, 3.05) is 17.4 Å². The zero-order valence-electron chi connectivity index (χ0n) is 23.0. The number of amides is 2. The average Bonchev–Trinajstić information content (AvgIpc) is 2.88. The molecule has 0 aliphatic heterocycles. The van der Waals surface area contributed by atoms with Crippen LogP contribution in [0.5, 0.6) is 0 Å². The maximum Gasteiger partial charge on any atom is 0.264 e. The smallest absolute Gasteiger partial charge is 0.264 e. The summed E-state index contributed by atoms with van der Waals surface area (Å²) < 4.78 is 29.5. The van der Waals surface area contributed by atoms with E-state index in [9.17, 15) is 18.0 Å². The van der Waals surface area contributed by atoms with Gasteiger partial charge in [-0.3, -0.25) is 13.9 Å².